The minimum atomic E-state index is -0.311. The first kappa shape index (κ1) is 28.5. The molecule has 2 saturated heterocycles. The van der Waals surface area contributed by atoms with E-state index in [0.717, 1.165) is 50.6 Å². The van der Waals surface area contributed by atoms with Crippen LogP contribution in [0, 0.1) is 5.82 Å². The molecular weight excluding hydrogens is 577 g/mol. The molecule has 4 aromatic heterocycles. The molecule has 226 valence electrons. The van der Waals surface area contributed by atoms with Crippen molar-refractivity contribution in [3.63, 3.8) is 0 Å². The predicted octanol–water partition coefficient (Wildman–Crippen LogP) is 4.51. The molecule has 12 heteroatoms. The van der Waals surface area contributed by atoms with Crippen molar-refractivity contribution in [2.45, 2.75) is 38.3 Å². The van der Waals surface area contributed by atoms with Gasteiger partial charge in [0.25, 0.3) is 5.56 Å². The first-order valence-corrected chi connectivity index (χ1v) is 15.9. The van der Waals surface area contributed by atoms with E-state index in [0.29, 0.717) is 45.6 Å². The zero-order chi connectivity index (χ0) is 30.0. The summed E-state index contributed by atoms with van der Waals surface area (Å²) in [5.74, 6) is 0.435. The second kappa shape index (κ2) is 12.4. The number of piperazine rings is 1. The number of halogens is 1. The number of aromatic nitrogens is 5. The molecule has 2 aliphatic heterocycles. The smallest absolute Gasteiger partial charge is 0.262 e. The normalized spacial score (nSPS) is 17.7. The van der Waals surface area contributed by atoms with Gasteiger partial charge in [-0.15, -0.1) is 11.3 Å². The Labute approximate surface area is 258 Å². The Morgan fingerprint density at radius 1 is 1.07 bits per heavy atom. The number of benzene rings is 1. The summed E-state index contributed by atoms with van der Waals surface area (Å²) in [6.07, 6.45) is 7.47. The van der Waals surface area contributed by atoms with Gasteiger partial charge in [-0.3, -0.25) is 14.3 Å². The molecule has 1 atom stereocenters. The molecule has 3 N–H and O–H groups in total. The minimum absolute atomic E-state index is 0.208. The minimum Gasteiger partial charge on any atom is -0.366 e. The third kappa shape index (κ3) is 5.92. The number of rotatable bonds is 7. The molecule has 0 spiro atoms. The quantitative estimate of drug-likeness (QED) is 0.245. The van der Waals surface area contributed by atoms with Crippen molar-refractivity contribution >= 4 is 39.7 Å². The van der Waals surface area contributed by atoms with Crippen LogP contribution in [0.25, 0.3) is 22.3 Å². The number of nitrogens with zero attached hydrogens (tertiary/aromatic N) is 6. The van der Waals surface area contributed by atoms with E-state index in [9.17, 15) is 4.79 Å². The lowest BCUT2D eigenvalue weighted by Gasteiger charge is -2.33. The monoisotopic (exact) mass is 611 g/mol. The number of anilines is 3. The van der Waals surface area contributed by atoms with Crippen molar-refractivity contribution in [1.29, 1.82) is 0 Å². The van der Waals surface area contributed by atoms with Crippen molar-refractivity contribution < 1.29 is 4.39 Å². The highest BCUT2D eigenvalue weighted by Crippen LogP contribution is 2.28. The lowest BCUT2D eigenvalue weighted by molar-refractivity contribution is 0.459. The molecule has 2 aliphatic rings. The Hall–Kier alpha value is -4.26. The molecule has 10 nitrogen and oxygen atoms in total. The molecule has 5 aromatic rings. The van der Waals surface area contributed by atoms with Crippen LogP contribution in [0.1, 0.15) is 36.3 Å². The van der Waals surface area contributed by atoms with Crippen molar-refractivity contribution in [2.24, 2.45) is 0 Å². The number of fused-ring (bicyclic) bond motifs is 1. The van der Waals surface area contributed by atoms with Gasteiger partial charge in [0.2, 0.25) is 5.95 Å². The summed E-state index contributed by atoms with van der Waals surface area (Å²) in [6, 6.07) is 11.2. The highest BCUT2D eigenvalue weighted by Gasteiger charge is 2.20. The summed E-state index contributed by atoms with van der Waals surface area (Å²) in [5.41, 5.74) is 3.65. The van der Waals surface area contributed by atoms with Crippen LogP contribution in [0.4, 0.5) is 21.7 Å². The average molecular weight is 612 g/mol. The van der Waals surface area contributed by atoms with E-state index in [1.54, 1.807) is 29.1 Å². The predicted molar refractivity (Wildman–Crippen MR) is 172 cm³/mol. The molecule has 1 unspecified atom stereocenters. The largest absolute Gasteiger partial charge is 0.366 e. The molecule has 6 heterocycles. The van der Waals surface area contributed by atoms with E-state index in [1.807, 2.05) is 23.7 Å². The molecule has 0 amide bonds. The van der Waals surface area contributed by atoms with E-state index in [4.69, 9.17) is 9.97 Å². The van der Waals surface area contributed by atoms with E-state index in [2.05, 4.69) is 43.8 Å². The second-order valence-electron chi connectivity index (χ2n) is 11.4. The van der Waals surface area contributed by atoms with E-state index in [1.165, 1.54) is 23.0 Å². The highest BCUT2D eigenvalue weighted by atomic mass is 32.1. The summed E-state index contributed by atoms with van der Waals surface area (Å²) >= 11 is 1.48. The Morgan fingerprint density at radius 2 is 1.95 bits per heavy atom. The number of hydrogen-bond acceptors (Lipinski definition) is 10. The van der Waals surface area contributed by atoms with E-state index in [-0.39, 0.29) is 23.9 Å². The van der Waals surface area contributed by atoms with Crippen LogP contribution in [0.15, 0.2) is 65.2 Å². The number of pyridine rings is 2. The van der Waals surface area contributed by atoms with Crippen LogP contribution in [0.5, 0.6) is 0 Å². The van der Waals surface area contributed by atoms with Crippen LogP contribution < -0.4 is 26.4 Å². The van der Waals surface area contributed by atoms with Gasteiger partial charge in [-0.1, -0.05) is 6.07 Å². The first-order chi connectivity index (χ1) is 21.5. The van der Waals surface area contributed by atoms with Crippen molar-refractivity contribution in [3.05, 3.63) is 87.1 Å². The van der Waals surface area contributed by atoms with Crippen LogP contribution in [-0.2, 0) is 6.54 Å². The fraction of sp³-hybridized carbons (Fsp3) is 0.344. The van der Waals surface area contributed by atoms with Crippen LogP contribution in [0.2, 0.25) is 0 Å². The molecule has 0 aliphatic carbocycles. The molecule has 7 rings (SSSR count). The zero-order valence-electron chi connectivity index (χ0n) is 24.5. The summed E-state index contributed by atoms with van der Waals surface area (Å²) in [7, 11) is 0. The Bertz CT molecular complexity index is 1820. The molecule has 1 aromatic carbocycles. The van der Waals surface area contributed by atoms with Gasteiger partial charge in [-0.2, -0.15) is 4.98 Å². The Kier molecular flexibility index (Phi) is 8.03. The van der Waals surface area contributed by atoms with Gasteiger partial charge in [0, 0.05) is 60.7 Å². The maximum Gasteiger partial charge on any atom is 0.262 e. The van der Waals surface area contributed by atoms with Crippen molar-refractivity contribution in [1.82, 2.24) is 35.1 Å². The number of piperidine rings is 1. The molecular formula is C32H34FN9OS. The van der Waals surface area contributed by atoms with E-state index >= 15 is 4.39 Å². The Balaban J connectivity index is 1.21. The maximum atomic E-state index is 15.2. The van der Waals surface area contributed by atoms with E-state index < -0.39 is 0 Å². The summed E-state index contributed by atoms with van der Waals surface area (Å²) in [6.45, 7) is 6.67. The molecule has 0 bridgehead atoms. The van der Waals surface area contributed by atoms with Gasteiger partial charge in [0.05, 0.1) is 23.5 Å². The van der Waals surface area contributed by atoms with Crippen molar-refractivity contribution in [3.8, 4) is 11.3 Å². The number of nitrogens with one attached hydrogen (secondary N) is 3. The third-order valence-electron chi connectivity index (χ3n) is 8.39. The number of thiazole rings is 1. The highest BCUT2D eigenvalue weighted by molar-refractivity contribution is 7.09. The van der Waals surface area contributed by atoms with Gasteiger partial charge in [-0.25, -0.2) is 14.4 Å². The lowest BCUT2D eigenvalue weighted by Crippen LogP contribution is -2.49. The van der Waals surface area contributed by atoms with Gasteiger partial charge >= 0.3 is 0 Å². The molecule has 2 fully saturated rings. The Morgan fingerprint density at radius 3 is 2.70 bits per heavy atom. The fourth-order valence-electron chi connectivity index (χ4n) is 6.10. The van der Waals surface area contributed by atoms with Gasteiger partial charge < -0.3 is 20.9 Å². The molecule has 0 saturated carbocycles. The summed E-state index contributed by atoms with van der Waals surface area (Å²) < 4.78 is 16.8. The second-order valence-corrected chi connectivity index (χ2v) is 12.4. The summed E-state index contributed by atoms with van der Waals surface area (Å²) in [4.78, 5) is 34.4. The lowest BCUT2D eigenvalue weighted by atomic mass is 9.91. The van der Waals surface area contributed by atoms with Crippen LogP contribution in [-0.4, -0.2) is 63.3 Å². The summed E-state index contributed by atoms with van der Waals surface area (Å²) in [5, 5.41) is 13.3. The van der Waals surface area contributed by atoms with Gasteiger partial charge in [0.1, 0.15) is 16.5 Å². The molecule has 44 heavy (non-hydrogen) atoms. The first-order valence-electron chi connectivity index (χ1n) is 15.0. The number of hydrogen-bond donors (Lipinski definition) is 3. The van der Waals surface area contributed by atoms with Crippen LogP contribution in [0.3, 0.4) is 0 Å². The van der Waals surface area contributed by atoms with Gasteiger partial charge in [-0.05, 0) is 74.7 Å². The standard InChI is InChI=1S/C32H34FN9OS/c1-20-18-41(12-10-35-20)28-5-3-24(15-26(28)33)39-32-38-17-23-14-25(27-4-2-22(16-37-27)21-6-8-34-9-7-21)31(43)42(30(23)40-32)19-29-36-11-13-44-29/h2-5,11,13-17,20-21,34-35H,6-10,12,18-19H2,1H3,(H,38,39,40). The average Bonchev–Trinajstić information content (AvgIpc) is 3.56. The van der Waals surface area contributed by atoms with Crippen molar-refractivity contribution in [2.75, 3.05) is 42.9 Å². The topological polar surface area (TPSA) is 113 Å². The van der Waals surface area contributed by atoms with Crippen LogP contribution >= 0.6 is 11.3 Å². The SMILES string of the molecule is CC1CN(c2ccc(Nc3ncc4cc(-c5ccc(C6CCNCC6)cn5)c(=O)n(Cc5nccs5)c4n3)cc2F)CCN1. The third-order valence-corrected chi connectivity index (χ3v) is 9.15. The molecule has 0 radical (unpaired) electrons. The zero-order valence-corrected chi connectivity index (χ0v) is 25.3. The van der Waals surface area contributed by atoms with Gasteiger partial charge in [0.15, 0.2) is 0 Å². The maximum absolute atomic E-state index is 15.2. The fourth-order valence-corrected chi connectivity index (χ4v) is 6.70.